The minimum absolute atomic E-state index is 0.0547. The largest absolute Gasteiger partial charge is 0.573 e. The van der Waals surface area contributed by atoms with Gasteiger partial charge in [-0.25, -0.2) is 13.6 Å². The molecule has 30 heavy (non-hydrogen) atoms. The van der Waals surface area contributed by atoms with Crippen molar-refractivity contribution in [2.75, 3.05) is 5.32 Å². The van der Waals surface area contributed by atoms with E-state index < -0.39 is 35.8 Å². The molecular formula is C19H13F5N4O2. The fraction of sp³-hybridized carbons (Fsp3) is 0.105. The second-order valence-electron chi connectivity index (χ2n) is 5.88. The highest BCUT2D eigenvalue weighted by molar-refractivity contribution is 5.89. The molecule has 3 aromatic rings. The van der Waals surface area contributed by atoms with Crippen LogP contribution in [-0.2, 0) is 0 Å². The Balaban J connectivity index is 1.91. The third-order valence-corrected chi connectivity index (χ3v) is 3.77. The lowest BCUT2D eigenvalue weighted by molar-refractivity contribution is -0.275. The Morgan fingerprint density at radius 1 is 1.03 bits per heavy atom. The van der Waals surface area contributed by atoms with Gasteiger partial charge in [-0.1, -0.05) is 6.07 Å². The molecule has 6 nitrogen and oxygen atoms in total. The average Bonchev–Trinajstić information content (AvgIpc) is 2.68. The van der Waals surface area contributed by atoms with E-state index in [1.165, 1.54) is 24.7 Å². The van der Waals surface area contributed by atoms with E-state index in [-0.39, 0.29) is 11.3 Å². The molecule has 3 rings (SSSR count). The van der Waals surface area contributed by atoms with Crippen LogP contribution < -0.4 is 15.4 Å². The van der Waals surface area contributed by atoms with Gasteiger partial charge in [0.15, 0.2) is 11.6 Å². The van der Waals surface area contributed by atoms with E-state index in [0.717, 1.165) is 18.2 Å². The van der Waals surface area contributed by atoms with E-state index in [2.05, 4.69) is 25.3 Å². The highest BCUT2D eigenvalue weighted by atomic mass is 19.4. The van der Waals surface area contributed by atoms with E-state index in [1.54, 1.807) is 12.1 Å². The molecule has 0 aliphatic rings. The Labute approximate surface area is 166 Å². The predicted molar refractivity (Wildman–Crippen MR) is 95.5 cm³/mol. The summed E-state index contributed by atoms with van der Waals surface area (Å²) in [5.41, 5.74) is 0.0130. The van der Waals surface area contributed by atoms with Gasteiger partial charge in [0.1, 0.15) is 17.6 Å². The smallest absolute Gasteiger partial charge is 0.403 e. The van der Waals surface area contributed by atoms with Gasteiger partial charge in [-0.3, -0.25) is 9.97 Å². The molecule has 2 amide bonds. The van der Waals surface area contributed by atoms with Crippen LogP contribution in [0.15, 0.2) is 61.1 Å². The molecule has 156 valence electrons. The summed E-state index contributed by atoms with van der Waals surface area (Å²) < 4.78 is 69.1. The number of rotatable bonds is 5. The van der Waals surface area contributed by atoms with E-state index in [0.29, 0.717) is 11.8 Å². The van der Waals surface area contributed by atoms with E-state index in [9.17, 15) is 26.7 Å². The number of hydrogen-bond donors (Lipinski definition) is 2. The predicted octanol–water partition coefficient (Wildman–Crippen LogP) is 4.56. The van der Waals surface area contributed by atoms with Crippen molar-refractivity contribution in [1.82, 2.24) is 15.3 Å². The maximum Gasteiger partial charge on any atom is 0.573 e. The number of nitrogens with zero attached hydrogens (tertiary/aromatic N) is 2. The Kier molecular flexibility index (Phi) is 6.09. The summed E-state index contributed by atoms with van der Waals surface area (Å²) in [5.74, 6) is -3.22. The van der Waals surface area contributed by atoms with Gasteiger partial charge in [0.05, 0.1) is 11.9 Å². The van der Waals surface area contributed by atoms with Gasteiger partial charge in [-0.2, -0.15) is 0 Å². The number of pyridine rings is 2. The van der Waals surface area contributed by atoms with Gasteiger partial charge in [0.25, 0.3) is 0 Å². The molecule has 1 unspecified atom stereocenters. The lowest BCUT2D eigenvalue weighted by Gasteiger charge is -2.20. The Morgan fingerprint density at radius 2 is 1.80 bits per heavy atom. The van der Waals surface area contributed by atoms with Gasteiger partial charge in [0, 0.05) is 12.4 Å². The molecule has 2 aromatic heterocycles. The van der Waals surface area contributed by atoms with Crippen LogP contribution in [0.2, 0.25) is 0 Å². The highest BCUT2D eigenvalue weighted by Gasteiger charge is 2.33. The third kappa shape index (κ3) is 5.40. The van der Waals surface area contributed by atoms with Crippen molar-refractivity contribution in [2.45, 2.75) is 12.4 Å². The van der Waals surface area contributed by atoms with Crippen molar-refractivity contribution in [2.24, 2.45) is 0 Å². The SMILES string of the molecule is O=C(Nc1cccnc1)NC(c1ccc(OC(F)(F)F)c(F)c1)c1ncccc1F. The zero-order valence-corrected chi connectivity index (χ0v) is 15.0. The second kappa shape index (κ2) is 8.72. The number of carbonyl (C=O) groups is 1. The number of urea groups is 1. The van der Waals surface area contributed by atoms with Crippen molar-refractivity contribution in [3.63, 3.8) is 0 Å². The van der Waals surface area contributed by atoms with Crippen LogP contribution in [0.1, 0.15) is 17.3 Å². The summed E-state index contributed by atoms with van der Waals surface area (Å²) in [6, 6.07) is 5.89. The number of nitrogens with one attached hydrogen (secondary N) is 2. The molecule has 0 fully saturated rings. The topological polar surface area (TPSA) is 76.1 Å². The van der Waals surface area contributed by atoms with Crippen molar-refractivity contribution >= 4 is 11.7 Å². The molecule has 0 bridgehead atoms. The maximum absolute atomic E-state index is 14.3. The molecule has 0 aliphatic carbocycles. The minimum Gasteiger partial charge on any atom is -0.403 e. The molecule has 2 N–H and O–H groups in total. The average molecular weight is 424 g/mol. The number of aromatic nitrogens is 2. The Morgan fingerprint density at radius 3 is 2.43 bits per heavy atom. The molecule has 0 saturated carbocycles. The van der Waals surface area contributed by atoms with Crippen LogP contribution in [0, 0.1) is 11.6 Å². The summed E-state index contributed by atoms with van der Waals surface area (Å²) in [5, 5.41) is 4.88. The monoisotopic (exact) mass is 424 g/mol. The van der Waals surface area contributed by atoms with Crippen molar-refractivity contribution < 1.29 is 31.5 Å². The number of alkyl halides is 3. The zero-order valence-electron chi connectivity index (χ0n) is 15.0. The number of carbonyl (C=O) groups excluding carboxylic acids is 1. The van der Waals surface area contributed by atoms with Crippen molar-refractivity contribution in [1.29, 1.82) is 0 Å². The van der Waals surface area contributed by atoms with Crippen LogP contribution in [-0.4, -0.2) is 22.4 Å². The van der Waals surface area contributed by atoms with Gasteiger partial charge in [-0.05, 0) is 42.0 Å². The van der Waals surface area contributed by atoms with Crippen molar-refractivity contribution in [3.8, 4) is 5.75 Å². The van der Waals surface area contributed by atoms with Gasteiger partial charge >= 0.3 is 12.4 Å². The standard InChI is InChI=1S/C19H13F5N4O2/c20-13-4-2-8-26-17(13)16(28-18(29)27-12-3-1-7-25-10-12)11-5-6-15(14(21)9-11)30-19(22,23)24/h1-10,16H,(H2,27,28,29). The van der Waals surface area contributed by atoms with Crippen molar-refractivity contribution in [3.05, 3.63) is 83.9 Å². The fourth-order valence-corrected chi connectivity index (χ4v) is 2.56. The fourth-order valence-electron chi connectivity index (χ4n) is 2.56. The molecule has 1 atom stereocenters. The summed E-state index contributed by atoms with van der Waals surface area (Å²) in [6.45, 7) is 0. The molecule has 1 aromatic carbocycles. The number of amides is 2. The summed E-state index contributed by atoms with van der Waals surface area (Å²) >= 11 is 0. The number of halogens is 5. The summed E-state index contributed by atoms with van der Waals surface area (Å²) in [4.78, 5) is 20.0. The molecule has 0 saturated heterocycles. The van der Waals surface area contributed by atoms with Crippen LogP contribution in [0.4, 0.5) is 32.4 Å². The minimum atomic E-state index is -5.09. The zero-order chi connectivity index (χ0) is 21.7. The van der Waals surface area contributed by atoms with Gasteiger partial charge in [0.2, 0.25) is 0 Å². The summed E-state index contributed by atoms with van der Waals surface area (Å²) in [7, 11) is 0. The first-order valence-electron chi connectivity index (χ1n) is 8.36. The van der Waals surface area contributed by atoms with Crippen LogP contribution in [0.25, 0.3) is 0 Å². The molecule has 11 heteroatoms. The molecular weight excluding hydrogens is 411 g/mol. The lowest BCUT2D eigenvalue weighted by atomic mass is 10.0. The molecule has 0 radical (unpaired) electrons. The number of ether oxygens (including phenoxy) is 1. The maximum atomic E-state index is 14.3. The molecule has 0 spiro atoms. The number of benzene rings is 1. The van der Waals surface area contributed by atoms with Gasteiger partial charge < -0.3 is 15.4 Å². The van der Waals surface area contributed by atoms with Crippen LogP contribution in [0.5, 0.6) is 5.75 Å². The van der Waals surface area contributed by atoms with Crippen LogP contribution in [0.3, 0.4) is 0 Å². The number of anilines is 1. The second-order valence-corrected chi connectivity index (χ2v) is 5.88. The third-order valence-electron chi connectivity index (χ3n) is 3.77. The first-order chi connectivity index (χ1) is 14.2. The van der Waals surface area contributed by atoms with E-state index in [4.69, 9.17) is 0 Å². The Bertz CT molecular complexity index is 1030. The summed E-state index contributed by atoms with van der Waals surface area (Å²) in [6.07, 6.45) is -0.984. The van der Waals surface area contributed by atoms with E-state index >= 15 is 0 Å². The highest BCUT2D eigenvalue weighted by Crippen LogP contribution is 2.30. The Hall–Kier alpha value is -3.76. The number of hydrogen-bond acceptors (Lipinski definition) is 4. The van der Waals surface area contributed by atoms with Gasteiger partial charge in [-0.15, -0.1) is 13.2 Å². The van der Waals surface area contributed by atoms with E-state index in [1.807, 2.05) is 0 Å². The first-order valence-corrected chi connectivity index (χ1v) is 8.36. The quantitative estimate of drug-likeness (QED) is 0.589. The van der Waals surface area contributed by atoms with Crippen LogP contribution >= 0.6 is 0 Å². The molecule has 0 aliphatic heterocycles. The molecule has 2 heterocycles. The lowest BCUT2D eigenvalue weighted by Crippen LogP contribution is -2.34. The normalized spacial score (nSPS) is 12.2. The first kappa shape index (κ1) is 21.0.